The molecule has 1 aliphatic carbocycles. The molecule has 1 saturated carbocycles. The molecule has 32 heavy (non-hydrogen) atoms. The topological polar surface area (TPSA) is 118 Å². The second-order valence-electron chi connectivity index (χ2n) is 9.10. The van der Waals surface area contributed by atoms with Gasteiger partial charge < -0.3 is 10.6 Å². The van der Waals surface area contributed by atoms with E-state index in [0.29, 0.717) is 40.6 Å². The Bertz CT molecular complexity index is 1080. The summed E-state index contributed by atoms with van der Waals surface area (Å²) in [4.78, 5) is 41.5. The standard InChI is InChI=1S/C22H27ClN6O3/c1-22(2)11-29-18(19(22)30)15(9-26-29)14-8-17(25-10-16(14)23)28-21(32)27-13-6-4-5-12(7-13)20(31)24-3/h8-10,12-13H,4-7,11H2,1-3H3,(H,24,31)(H2,25,27,28,32)/t12-,13+/m0/s1. The maximum absolute atomic E-state index is 12.8. The number of carbonyl (C=O) groups excluding carboxylic acids is 3. The first-order valence-corrected chi connectivity index (χ1v) is 11.1. The molecule has 2 aliphatic rings. The van der Waals surface area contributed by atoms with E-state index in [1.807, 2.05) is 13.8 Å². The van der Waals surface area contributed by atoms with E-state index in [1.165, 1.54) is 6.20 Å². The van der Waals surface area contributed by atoms with Gasteiger partial charge in [0.1, 0.15) is 11.5 Å². The summed E-state index contributed by atoms with van der Waals surface area (Å²) in [5, 5.41) is 13.1. The normalized spacial score (nSPS) is 21.7. The van der Waals surface area contributed by atoms with Crippen LogP contribution in [-0.4, -0.2) is 45.6 Å². The van der Waals surface area contributed by atoms with Gasteiger partial charge >= 0.3 is 6.03 Å². The molecule has 0 saturated heterocycles. The zero-order chi connectivity index (χ0) is 23.0. The number of urea groups is 1. The Hall–Kier alpha value is -2.94. The van der Waals surface area contributed by atoms with E-state index in [-0.39, 0.29) is 23.7 Å². The number of nitrogens with one attached hydrogen (secondary N) is 3. The summed E-state index contributed by atoms with van der Waals surface area (Å²) in [5.74, 6) is 0.233. The van der Waals surface area contributed by atoms with Crippen molar-refractivity contribution in [3.63, 3.8) is 0 Å². The summed E-state index contributed by atoms with van der Waals surface area (Å²) in [6.07, 6.45) is 6.20. The van der Waals surface area contributed by atoms with E-state index in [9.17, 15) is 14.4 Å². The highest BCUT2D eigenvalue weighted by atomic mass is 35.5. The van der Waals surface area contributed by atoms with E-state index in [0.717, 1.165) is 19.3 Å². The zero-order valence-electron chi connectivity index (χ0n) is 18.4. The third kappa shape index (κ3) is 4.21. The van der Waals surface area contributed by atoms with E-state index in [4.69, 9.17) is 11.6 Å². The number of hydrogen-bond donors (Lipinski definition) is 3. The van der Waals surface area contributed by atoms with Gasteiger partial charge in [-0.05, 0) is 25.3 Å². The molecule has 3 N–H and O–H groups in total. The zero-order valence-corrected chi connectivity index (χ0v) is 19.1. The van der Waals surface area contributed by atoms with Gasteiger partial charge in [-0.15, -0.1) is 0 Å². The molecule has 0 bridgehead atoms. The lowest BCUT2D eigenvalue weighted by molar-refractivity contribution is -0.125. The monoisotopic (exact) mass is 458 g/mol. The molecule has 0 unspecified atom stereocenters. The van der Waals surface area contributed by atoms with Crippen LogP contribution in [0.15, 0.2) is 18.5 Å². The number of Topliss-reactive ketones (excluding diaryl/α,β-unsaturated/α-hetero) is 1. The van der Waals surface area contributed by atoms with Gasteiger partial charge in [0.2, 0.25) is 5.91 Å². The van der Waals surface area contributed by atoms with E-state index >= 15 is 0 Å². The van der Waals surface area contributed by atoms with Crippen LogP contribution in [0, 0.1) is 11.3 Å². The van der Waals surface area contributed by atoms with Crippen molar-refractivity contribution in [2.24, 2.45) is 11.3 Å². The van der Waals surface area contributed by atoms with E-state index in [1.54, 1.807) is 24.0 Å². The predicted molar refractivity (Wildman–Crippen MR) is 121 cm³/mol. The van der Waals surface area contributed by atoms with Crippen molar-refractivity contribution in [1.29, 1.82) is 0 Å². The van der Waals surface area contributed by atoms with Gasteiger partial charge in [0.25, 0.3) is 0 Å². The minimum Gasteiger partial charge on any atom is -0.359 e. The van der Waals surface area contributed by atoms with Crippen molar-refractivity contribution < 1.29 is 14.4 Å². The van der Waals surface area contributed by atoms with Crippen molar-refractivity contribution in [1.82, 2.24) is 25.4 Å². The molecule has 3 amide bonds. The van der Waals surface area contributed by atoms with Gasteiger partial charge in [-0.3, -0.25) is 19.6 Å². The first-order valence-electron chi connectivity index (χ1n) is 10.7. The molecule has 1 aliphatic heterocycles. The fraction of sp³-hybridized carbons (Fsp3) is 0.500. The fourth-order valence-electron chi connectivity index (χ4n) is 4.52. The molecule has 10 heteroatoms. The second kappa shape index (κ2) is 8.54. The highest BCUT2D eigenvalue weighted by Gasteiger charge is 2.41. The van der Waals surface area contributed by atoms with Gasteiger partial charge in [-0.2, -0.15) is 5.10 Å². The van der Waals surface area contributed by atoms with Crippen LogP contribution in [0.25, 0.3) is 11.1 Å². The number of aromatic nitrogens is 3. The molecule has 3 heterocycles. The molecular weight excluding hydrogens is 432 g/mol. The van der Waals surface area contributed by atoms with Gasteiger partial charge in [-0.25, -0.2) is 9.78 Å². The van der Waals surface area contributed by atoms with Crippen LogP contribution in [0.1, 0.15) is 50.0 Å². The average molecular weight is 459 g/mol. The quantitative estimate of drug-likeness (QED) is 0.650. The van der Waals surface area contributed by atoms with E-state index < -0.39 is 11.4 Å². The minimum absolute atomic E-state index is 0.00681. The van der Waals surface area contributed by atoms with Crippen LogP contribution in [0.2, 0.25) is 5.02 Å². The molecular formula is C22H27ClN6O3. The number of rotatable bonds is 4. The number of hydrogen-bond acceptors (Lipinski definition) is 5. The Morgan fingerprint density at radius 2 is 2.00 bits per heavy atom. The molecule has 0 radical (unpaired) electrons. The Balaban J connectivity index is 1.48. The van der Waals surface area contributed by atoms with Gasteiger partial charge in [0, 0.05) is 41.7 Å². The Morgan fingerprint density at radius 1 is 1.22 bits per heavy atom. The van der Waals surface area contributed by atoms with Gasteiger partial charge in [0.15, 0.2) is 5.78 Å². The number of ketones is 1. The van der Waals surface area contributed by atoms with Crippen LogP contribution in [-0.2, 0) is 11.3 Å². The molecule has 0 aromatic carbocycles. The second-order valence-corrected chi connectivity index (χ2v) is 9.51. The largest absolute Gasteiger partial charge is 0.359 e. The van der Waals surface area contributed by atoms with Crippen molar-refractivity contribution in [2.45, 2.75) is 52.1 Å². The SMILES string of the molecule is CNC(=O)[C@H]1CCC[C@@H](NC(=O)Nc2cc(-c3cnn4c3C(=O)C(C)(C)C4)c(Cl)cn2)C1. The number of nitrogens with zero attached hydrogens (tertiary/aromatic N) is 3. The third-order valence-electron chi connectivity index (χ3n) is 6.23. The average Bonchev–Trinajstić information content (AvgIpc) is 3.25. The number of fused-ring (bicyclic) bond motifs is 1. The van der Waals surface area contributed by atoms with Gasteiger partial charge in [-0.1, -0.05) is 31.9 Å². The summed E-state index contributed by atoms with van der Waals surface area (Å²) in [6, 6.07) is 1.16. The molecule has 9 nitrogen and oxygen atoms in total. The summed E-state index contributed by atoms with van der Waals surface area (Å²) >= 11 is 6.38. The van der Waals surface area contributed by atoms with Crippen LogP contribution >= 0.6 is 11.6 Å². The smallest absolute Gasteiger partial charge is 0.320 e. The minimum atomic E-state index is -0.522. The molecule has 0 spiro atoms. The van der Waals surface area contributed by atoms with Gasteiger partial charge in [0.05, 0.1) is 17.8 Å². The Morgan fingerprint density at radius 3 is 2.75 bits per heavy atom. The molecule has 4 rings (SSSR count). The van der Waals surface area contributed by atoms with Crippen LogP contribution in [0.3, 0.4) is 0 Å². The van der Waals surface area contributed by atoms with Crippen molar-refractivity contribution in [3.8, 4) is 11.1 Å². The lowest BCUT2D eigenvalue weighted by Gasteiger charge is -2.28. The van der Waals surface area contributed by atoms with Crippen LogP contribution in [0.5, 0.6) is 0 Å². The highest BCUT2D eigenvalue weighted by Crippen LogP contribution is 2.39. The summed E-state index contributed by atoms with van der Waals surface area (Å²) in [7, 11) is 1.63. The molecule has 2 atom stereocenters. The lowest BCUT2D eigenvalue weighted by Crippen LogP contribution is -2.43. The maximum Gasteiger partial charge on any atom is 0.320 e. The van der Waals surface area contributed by atoms with Crippen LogP contribution < -0.4 is 16.0 Å². The number of anilines is 1. The first-order chi connectivity index (χ1) is 15.2. The van der Waals surface area contributed by atoms with Crippen molar-refractivity contribution in [3.05, 3.63) is 29.2 Å². The third-order valence-corrected chi connectivity index (χ3v) is 6.53. The first kappa shape index (κ1) is 22.3. The number of halogens is 1. The summed E-state index contributed by atoms with van der Waals surface area (Å²) in [5.41, 5.74) is 1.20. The number of amides is 3. The summed E-state index contributed by atoms with van der Waals surface area (Å²) < 4.78 is 1.69. The van der Waals surface area contributed by atoms with Crippen molar-refractivity contribution >= 4 is 35.1 Å². The molecule has 2 aromatic rings. The lowest BCUT2D eigenvalue weighted by atomic mass is 9.85. The summed E-state index contributed by atoms with van der Waals surface area (Å²) in [6.45, 7) is 4.29. The molecule has 1 fully saturated rings. The number of pyridine rings is 1. The Labute approximate surface area is 191 Å². The number of carbonyl (C=O) groups is 3. The maximum atomic E-state index is 12.8. The van der Waals surface area contributed by atoms with E-state index in [2.05, 4.69) is 26.0 Å². The molecule has 2 aromatic heterocycles. The Kier molecular flexibility index (Phi) is 5.94. The highest BCUT2D eigenvalue weighted by molar-refractivity contribution is 6.33. The molecule has 170 valence electrons. The predicted octanol–water partition coefficient (Wildman–Crippen LogP) is 3.25. The van der Waals surface area contributed by atoms with Crippen LogP contribution in [0.4, 0.5) is 10.6 Å². The van der Waals surface area contributed by atoms with Crippen molar-refractivity contribution in [2.75, 3.05) is 12.4 Å². The fourth-order valence-corrected chi connectivity index (χ4v) is 4.73.